The molecule has 0 radical (unpaired) electrons. The Balaban J connectivity index is 1.62. The molecule has 2 aliphatic rings. The van der Waals surface area contributed by atoms with Gasteiger partial charge in [0.1, 0.15) is 11.5 Å². The fourth-order valence-electron chi connectivity index (χ4n) is 3.95. The lowest BCUT2D eigenvalue weighted by molar-refractivity contribution is 0.213. The van der Waals surface area contributed by atoms with Crippen LogP contribution in [0, 0.1) is 5.82 Å². The number of fused-ring (bicyclic) bond motifs is 1. The molecule has 0 unspecified atom stereocenters. The molecule has 9 nitrogen and oxygen atoms in total. The number of nitrogen functional groups attached to an aromatic ring is 1. The molecule has 2 aliphatic heterocycles. The number of ether oxygens (including phenoxy) is 1. The third kappa shape index (κ3) is 4.69. The first-order valence-electron chi connectivity index (χ1n) is 11.1. The van der Waals surface area contributed by atoms with E-state index in [-0.39, 0.29) is 24.2 Å². The number of unbranched alkanes of at least 4 members (excludes halogenated alkanes) is 1. The molecule has 1 fully saturated rings. The molecular formula is C22H30FN7O2. The van der Waals surface area contributed by atoms with Crippen LogP contribution < -0.4 is 20.8 Å². The molecule has 10 heteroatoms. The van der Waals surface area contributed by atoms with Crippen LogP contribution in [-0.2, 0) is 13.1 Å². The standard InChI is InChI=1S/C22H30FN7O2/c1-3-4-11-32-21-26-19(24)18-20(27-21)30(28(2)22(31)25-18)14-16-12-15(7-8-17(16)23)13-29-9-5-6-10-29/h7-8,12H,3-6,9-11,13-14H2,1-2H3,(H,25,31)(H2,24,26,27). The fourth-order valence-corrected chi connectivity index (χ4v) is 3.95. The first-order chi connectivity index (χ1) is 15.5. The molecule has 172 valence electrons. The second-order valence-electron chi connectivity index (χ2n) is 8.21. The van der Waals surface area contributed by atoms with Crippen LogP contribution in [0.4, 0.5) is 26.5 Å². The Kier molecular flexibility index (Phi) is 6.59. The van der Waals surface area contributed by atoms with Crippen molar-refractivity contribution in [2.24, 2.45) is 0 Å². The molecule has 3 heterocycles. The van der Waals surface area contributed by atoms with E-state index < -0.39 is 6.03 Å². The van der Waals surface area contributed by atoms with Crippen molar-refractivity contribution >= 4 is 23.4 Å². The summed E-state index contributed by atoms with van der Waals surface area (Å²) in [5, 5.41) is 5.65. The lowest BCUT2D eigenvalue weighted by atomic mass is 10.1. The van der Waals surface area contributed by atoms with Gasteiger partial charge in [-0.1, -0.05) is 19.4 Å². The van der Waals surface area contributed by atoms with Crippen molar-refractivity contribution in [1.82, 2.24) is 19.9 Å². The maximum absolute atomic E-state index is 14.8. The quantitative estimate of drug-likeness (QED) is 0.604. The third-order valence-corrected chi connectivity index (χ3v) is 5.79. The summed E-state index contributed by atoms with van der Waals surface area (Å²) in [4.78, 5) is 23.5. The zero-order valence-electron chi connectivity index (χ0n) is 18.6. The number of benzene rings is 1. The van der Waals surface area contributed by atoms with Gasteiger partial charge in [-0.3, -0.25) is 15.2 Å². The van der Waals surface area contributed by atoms with Gasteiger partial charge in [0, 0.05) is 19.2 Å². The van der Waals surface area contributed by atoms with E-state index in [9.17, 15) is 9.18 Å². The molecule has 2 aromatic rings. The van der Waals surface area contributed by atoms with Crippen molar-refractivity contribution in [2.75, 3.05) is 42.8 Å². The molecule has 32 heavy (non-hydrogen) atoms. The summed E-state index contributed by atoms with van der Waals surface area (Å²) in [6.45, 7) is 5.54. The lowest BCUT2D eigenvalue weighted by Crippen LogP contribution is -2.50. The summed E-state index contributed by atoms with van der Waals surface area (Å²) in [7, 11) is 1.60. The van der Waals surface area contributed by atoms with Gasteiger partial charge in [-0.2, -0.15) is 9.97 Å². The summed E-state index contributed by atoms with van der Waals surface area (Å²) in [6, 6.07) is 4.89. The number of nitrogens with two attached hydrogens (primary N) is 1. The Morgan fingerprint density at radius 3 is 2.75 bits per heavy atom. The lowest BCUT2D eigenvalue weighted by Gasteiger charge is -2.38. The minimum absolute atomic E-state index is 0.108. The van der Waals surface area contributed by atoms with E-state index in [0.717, 1.165) is 38.0 Å². The van der Waals surface area contributed by atoms with E-state index in [1.54, 1.807) is 12.1 Å². The highest BCUT2D eigenvalue weighted by Crippen LogP contribution is 2.36. The molecule has 2 amide bonds. The second kappa shape index (κ2) is 9.56. The predicted molar refractivity (Wildman–Crippen MR) is 121 cm³/mol. The number of hydrogen-bond donors (Lipinski definition) is 2. The molecule has 0 bridgehead atoms. The van der Waals surface area contributed by atoms with Crippen LogP contribution in [0.5, 0.6) is 6.01 Å². The Bertz CT molecular complexity index is 981. The van der Waals surface area contributed by atoms with E-state index >= 15 is 0 Å². The zero-order valence-corrected chi connectivity index (χ0v) is 18.6. The first kappa shape index (κ1) is 22.1. The number of carbonyl (C=O) groups is 1. The average Bonchev–Trinajstić information content (AvgIpc) is 3.27. The summed E-state index contributed by atoms with van der Waals surface area (Å²) in [5.74, 6) is 0.143. The number of nitrogens with zero attached hydrogens (tertiary/aromatic N) is 5. The molecule has 1 saturated heterocycles. The van der Waals surface area contributed by atoms with Gasteiger partial charge < -0.3 is 10.5 Å². The number of hydrogen-bond acceptors (Lipinski definition) is 7. The topological polar surface area (TPSA) is 99.8 Å². The number of likely N-dealkylation sites (tertiary alicyclic amines) is 1. The maximum atomic E-state index is 14.8. The number of halogens is 1. The van der Waals surface area contributed by atoms with E-state index in [1.165, 1.54) is 23.9 Å². The Labute approximate surface area is 187 Å². The molecule has 0 saturated carbocycles. The van der Waals surface area contributed by atoms with Gasteiger partial charge in [-0.05, 0) is 50.0 Å². The van der Waals surface area contributed by atoms with E-state index in [2.05, 4.69) is 27.1 Å². The second-order valence-corrected chi connectivity index (χ2v) is 8.21. The average molecular weight is 444 g/mol. The van der Waals surface area contributed by atoms with Crippen LogP contribution in [0.2, 0.25) is 0 Å². The van der Waals surface area contributed by atoms with Gasteiger partial charge in [0.2, 0.25) is 0 Å². The van der Waals surface area contributed by atoms with Gasteiger partial charge in [-0.15, -0.1) is 0 Å². The molecule has 1 aromatic heterocycles. The smallest absolute Gasteiger partial charge is 0.340 e. The monoisotopic (exact) mass is 443 g/mol. The van der Waals surface area contributed by atoms with Crippen molar-refractivity contribution < 1.29 is 13.9 Å². The molecule has 0 spiro atoms. The van der Waals surface area contributed by atoms with Crippen molar-refractivity contribution in [3.63, 3.8) is 0 Å². The van der Waals surface area contributed by atoms with Crippen molar-refractivity contribution in [1.29, 1.82) is 0 Å². The van der Waals surface area contributed by atoms with Crippen LogP contribution in [0.3, 0.4) is 0 Å². The minimum atomic E-state index is -0.402. The summed E-state index contributed by atoms with van der Waals surface area (Å²) in [5.41, 5.74) is 7.89. The van der Waals surface area contributed by atoms with Crippen LogP contribution in [0.25, 0.3) is 0 Å². The highest BCUT2D eigenvalue weighted by molar-refractivity contribution is 5.99. The van der Waals surface area contributed by atoms with Crippen LogP contribution in [0.1, 0.15) is 43.7 Å². The predicted octanol–water partition coefficient (Wildman–Crippen LogP) is 3.37. The molecule has 1 aromatic carbocycles. The van der Waals surface area contributed by atoms with Crippen molar-refractivity contribution in [3.8, 4) is 6.01 Å². The Hall–Kier alpha value is -3.14. The highest BCUT2D eigenvalue weighted by atomic mass is 19.1. The highest BCUT2D eigenvalue weighted by Gasteiger charge is 2.32. The number of hydrazine groups is 1. The van der Waals surface area contributed by atoms with Gasteiger partial charge >= 0.3 is 12.0 Å². The van der Waals surface area contributed by atoms with E-state index in [1.807, 2.05) is 12.1 Å². The largest absolute Gasteiger partial charge is 0.463 e. The third-order valence-electron chi connectivity index (χ3n) is 5.79. The van der Waals surface area contributed by atoms with Crippen LogP contribution in [-0.4, -0.2) is 52.7 Å². The van der Waals surface area contributed by atoms with Crippen molar-refractivity contribution in [3.05, 3.63) is 35.1 Å². The molecule has 0 aliphatic carbocycles. The van der Waals surface area contributed by atoms with Crippen LogP contribution >= 0.6 is 0 Å². The minimum Gasteiger partial charge on any atom is -0.463 e. The molecule has 4 rings (SSSR count). The van der Waals surface area contributed by atoms with Gasteiger partial charge in [0.05, 0.1) is 13.2 Å². The van der Waals surface area contributed by atoms with Gasteiger partial charge in [0.15, 0.2) is 11.6 Å². The first-order valence-corrected chi connectivity index (χ1v) is 11.1. The molecular weight excluding hydrogens is 413 g/mol. The number of carbonyl (C=O) groups excluding carboxylic acids is 1. The number of anilines is 3. The van der Waals surface area contributed by atoms with E-state index in [4.69, 9.17) is 10.5 Å². The fraction of sp³-hybridized carbons (Fsp3) is 0.500. The number of amides is 2. The maximum Gasteiger partial charge on any atom is 0.340 e. The number of urea groups is 1. The number of nitrogens with one attached hydrogen (secondary N) is 1. The SMILES string of the molecule is CCCCOc1nc(N)c2c(n1)N(Cc1cc(CN3CCCC3)ccc1F)N(C)C(=O)N2. The molecule has 0 atom stereocenters. The Morgan fingerprint density at radius 1 is 1.22 bits per heavy atom. The summed E-state index contributed by atoms with van der Waals surface area (Å²) >= 11 is 0. The number of aromatic nitrogens is 2. The number of rotatable bonds is 8. The van der Waals surface area contributed by atoms with Crippen molar-refractivity contribution in [2.45, 2.75) is 45.7 Å². The molecule has 3 N–H and O–H groups in total. The van der Waals surface area contributed by atoms with Crippen LogP contribution in [0.15, 0.2) is 18.2 Å². The normalized spacial score (nSPS) is 16.3. The summed E-state index contributed by atoms with van der Waals surface area (Å²) in [6.07, 6.45) is 4.22. The summed E-state index contributed by atoms with van der Waals surface area (Å²) < 4.78 is 20.4. The van der Waals surface area contributed by atoms with Gasteiger partial charge in [0.25, 0.3) is 0 Å². The van der Waals surface area contributed by atoms with Gasteiger partial charge in [-0.25, -0.2) is 14.2 Å². The Morgan fingerprint density at radius 2 is 2.00 bits per heavy atom. The van der Waals surface area contributed by atoms with E-state index in [0.29, 0.717) is 23.7 Å². The zero-order chi connectivity index (χ0) is 22.7.